The van der Waals surface area contributed by atoms with Gasteiger partial charge in [-0.15, -0.1) is 0 Å². The summed E-state index contributed by atoms with van der Waals surface area (Å²) in [5.74, 6) is -0.0268. The van der Waals surface area contributed by atoms with Crippen molar-refractivity contribution in [2.75, 3.05) is 0 Å². The highest BCUT2D eigenvalue weighted by Gasteiger charge is 2.40. The van der Waals surface area contributed by atoms with Crippen LogP contribution in [0.3, 0.4) is 0 Å². The van der Waals surface area contributed by atoms with E-state index in [9.17, 15) is 4.79 Å². The van der Waals surface area contributed by atoms with Gasteiger partial charge in [-0.1, -0.05) is 12.1 Å². The number of carbonyl (C=O) groups excluding carboxylic acids is 1. The van der Waals surface area contributed by atoms with Crippen LogP contribution >= 0.6 is 0 Å². The predicted molar refractivity (Wildman–Crippen MR) is 64.1 cm³/mol. The van der Waals surface area contributed by atoms with Crippen LogP contribution in [-0.2, 0) is 5.54 Å². The molecule has 0 atom stereocenters. The second-order valence-corrected chi connectivity index (χ2v) is 4.87. The topological polar surface area (TPSA) is 55.1 Å². The average molecular weight is 218 g/mol. The van der Waals surface area contributed by atoms with Crippen molar-refractivity contribution in [3.05, 3.63) is 35.4 Å². The van der Waals surface area contributed by atoms with Crippen molar-refractivity contribution in [2.24, 2.45) is 5.73 Å². The number of hydrogen-bond acceptors (Lipinski definition) is 2. The summed E-state index contributed by atoms with van der Waals surface area (Å²) in [6.45, 7) is 3.90. The van der Waals surface area contributed by atoms with E-state index in [0.717, 1.165) is 18.4 Å². The molecule has 0 unspecified atom stereocenters. The van der Waals surface area contributed by atoms with Gasteiger partial charge in [-0.2, -0.15) is 0 Å². The number of benzene rings is 1. The van der Waals surface area contributed by atoms with Gasteiger partial charge in [0.2, 0.25) is 0 Å². The SMILES string of the molecule is CC(C)NC(=O)c1cccc(C2(N)CC2)c1. The maximum absolute atomic E-state index is 11.8. The van der Waals surface area contributed by atoms with Crippen LogP contribution in [0.1, 0.15) is 42.6 Å². The molecule has 0 radical (unpaired) electrons. The maximum atomic E-state index is 11.8. The van der Waals surface area contributed by atoms with E-state index in [4.69, 9.17) is 5.73 Å². The third-order valence-electron chi connectivity index (χ3n) is 2.91. The van der Waals surface area contributed by atoms with E-state index in [1.54, 1.807) is 0 Å². The second kappa shape index (κ2) is 3.91. The lowest BCUT2D eigenvalue weighted by Gasteiger charge is -2.12. The number of amides is 1. The molecule has 1 aromatic rings. The molecule has 3 nitrogen and oxygen atoms in total. The largest absolute Gasteiger partial charge is 0.350 e. The molecule has 1 aliphatic rings. The zero-order valence-electron chi connectivity index (χ0n) is 9.79. The fraction of sp³-hybridized carbons (Fsp3) is 0.462. The molecule has 1 amide bonds. The van der Waals surface area contributed by atoms with Crippen LogP contribution in [0.5, 0.6) is 0 Å². The Bertz CT molecular complexity index is 408. The maximum Gasteiger partial charge on any atom is 0.251 e. The molecule has 1 fully saturated rings. The molecular weight excluding hydrogens is 200 g/mol. The van der Waals surface area contributed by atoms with Crippen molar-refractivity contribution in [3.63, 3.8) is 0 Å². The van der Waals surface area contributed by atoms with Gasteiger partial charge < -0.3 is 11.1 Å². The summed E-state index contributed by atoms with van der Waals surface area (Å²) in [7, 11) is 0. The molecule has 0 spiro atoms. The van der Waals surface area contributed by atoms with Crippen molar-refractivity contribution in [3.8, 4) is 0 Å². The molecule has 1 saturated carbocycles. The predicted octanol–water partition coefficient (Wildman–Crippen LogP) is 1.77. The summed E-state index contributed by atoms with van der Waals surface area (Å²) in [4.78, 5) is 11.8. The number of nitrogens with one attached hydrogen (secondary N) is 1. The fourth-order valence-corrected chi connectivity index (χ4v) is 1.74. The van der Waals surface area contributed by atoms with Gasteiger partial charge in [-0.25, -0.2) is 0 Å². The van der Waals surface area contributed by atoms with E-state index in [0.29, 0.717) is 5.56 Å². The Morgan fingerprint density at radius 3 is 2.69 bits per heavy atom. The number of nitrogens with two attached hydrogens (primary N) is 1. The Morgan fingerprint density at radius 1 is 1.44 bits per heavy atom. The van der Waals surface area contributed by atoms with Gasteiger partial charge in [0, 0.05) is 17.1 Å². The van der Waals surface area contributed by atoms with Gasteiger partial charge in [0.15, 0.2) is 0 Å². The Balaban J connectivity index is 2.19. The molecule has 0 aromatic heterocycles. The summed E-state index contributed by atoms with van der Waals surface area (Å²) >= 11 is 0. The first kappa shape index (κ1) is 11.1. The van der Waals surface area contributed by atoms with Crippen molar-refractivity contribution >= 4 is 5.91 Å². The molecule has 1 aliphatic carbocycles. The molecule has 2 rings (SSSR count). The Hall–Kier alpha value is -1.35. The van der Waals surface area contributed by atoms with E-state index in [1.807, 2.05) is 38.1 Å². The first-order chi connectivity index (χ1) is 7.51. The molecule has 16 heavy (non-hydrogen) atoms. The van der Waals surface area contributed by atoms with Crippen LogP contribution in [0.25, 0.3) is 0 Å². The Kier molecular flexibility index (Phi) is 2.72. The van der Waals surface area contributed by atoms with E-state index >= 15 is 0 Å². The molecule has 0 heterocycles. The van der Waals surface area contributed by atoms with Crippen LogP contribution in [-0.4, -0.2) is 11.9 Å². The number of rotatable bonds is 3. The quantitative estimate of drug-likeness (QED) is 0.812. The average Bonchev–Trinajstić information content (AvgIpc) is 2.97. The van der Waals surface area contributed by atoms with Crippen molar-refractivity contribution in [2.45, 2.75) is 38.3 Å². The summed E-state index contributed by atoms with van der Waals surface area (Å²) in [5.41, 5.74) is 7.70. The van der Waals surface area contributed by atoms with Gasteiger partial charge >= 0.3 is 0 Å². The van der Waals surface area contributed by atoms with Crippen molar-refractivity contribution < 1.29 is 4.79 Å². The van der Waals surface area contributed by atoms with Gasteiger partial charge in [0.1, 0.15) is 0 Å². The van der Waals surface area contributed by atoms with Crippen molar-refractivity contribution in [1.29, 1.82) is 0 Å². The smallest absolute Gasteiger partial charge is 0.251 e. The van der Waals surface area contributed by atoms with Crippen molar-refractivity contribution in [1.82, 2.24) is 5.32 Å². The molecule has 3 N–H and O–H groups in total. The highest BCUT2D eigenvalue weighted by molar-refractivity contribution is 5.94. The highest BCUT2D eigenvalue weighted by Crippen LogP contribution is 2.42. The Labute approximate surface area is 96.0 Å². The summed E-state index contributed by atoms with van der Waals surface area (Å²) in [6.07, 6.45) is 2.03. The van der Waals surface area contributed by atoms with E-state index in [1.165, 1.54) is 0 Å². The van der Waals surface area contributed by atoms with Crippen LogP contribution < -0.4 is 11.1 Å². The summed E-state index contributed by atoms with van der Waals surface area (Å²) in [6, 6.07) is 7.79. The third-order valence-corrected chi connectivity index (χ3v) is 2.91. The van der Waals surface area contributed by atoms with E-state index in [2.05, 4.69) is 5.32 Å². The zero-order chi connectivity index (χ0) is 11.8. The van der Waals surface area contributed by atoms with E-state index < -0.39 is 0 Å². The molecule has 3 heteroatoms. The molecule has 0 saturated heterocycles. The lowest BCUT2D eigenvalue weighted by molar-refractivity contribution is 0.0943. The summed E-state index contributed by atoms with van der Waals surface area (Å²) in [5, 5.41) is 2.88. The molecular formula is C13H18N2O. The molecule has 86 valence electrons. The van der Waals surface area contributed by atoms with Gasteiger partial charge in [0.05, 0.1) is 0 Å². The van der Waals surface area contributed by atoms with Crippen LogP contribution in [0, 0.1) is 0 Å². The van der Waals surface area contributed by atoms with Gasteiger partial charge in [0.25, 0.3) is 5.91 Å². The number of hydrogen-bond donors (Lipinski definition) is 2. The number of carbonyl (C=O) groups is 1. The highest BCUT2D eigenvalue weighted by atomic mass is 16.1. The van der Waals surface area contributed by atoms with Crippen LogP contribution in [0.15, 0.2) is 24.3 Å². The van der Waals surface area contributed by atoms with Crippen LogP contribution in [0.2, 0.25) is 0 Å². The molecule has 1 aromatic carbocycles. The zero-order valence-corrected chi connectivity index (χ0v) is 9.79. The monoisotopic (exact) mass is 218 g/mol. The minimum absolute atomic E-state index is 0.0268. The minimum atomic E-state index is -0.172. The lowest BCUT2D eigenvalue weighted by atomic mass is 10.0. The lowest BCUT2D eigenvalue weighted by Crippen LogP contribution is -2.30. The fourth-order valence-electron chi connectivity index (χ4n) is 1.74. The third kappa shape index (κ3) is 2.25. The van der Waals surface area contributed by atoms with Crippen LogP contribution in [0.4, 0.5) is 0 Å². The second-order valence-electron chi connectivity index (χ2n) is 4.87. The standard InChI is InChI=1S/C13H18N2O/c1-9(2)15-12(16)10-4-3-5-11(8-10)13(14)6-7-13/h3-5,8-9H,6-7,14H2,1-2H3,(H,15,16). The summed E-state index contributed by atoms with van der Waals surface area (Å²) < 4.78 is 0. The minimum Gasteiger partial charge on any atom is -0.350 e. The molecule has 0 aliphatic heterocycles. The van der Waals surface area contributed by atoms with Gasteiger partial charge in [-0.3, -0.25) is 4.79 Å². The normalized spacial score (nSPS) is 17.2. The first-order valence-corrected chi connectivity index (χ1v) is 5.71. The Morgan fingerprint density at radius 2 is 2.12 bits per heavy atom. The van der Waals surface area contributed by atoms with E-state index in [-0.39, 0.29) is 17.5 Å². The molecule has 0 bridgehead atoms. The first-order valence-electron chi connectivity index (χ1n) is 5.71. The van der Waals surface area contributed by atoms with Gasteiger partial charge in [-0.05, 0) is 44.4 Å².